The lowest BCUT2D eigenvalue weighted by Gasteiger charge is -2.24. The first-order chi connectivity index (χ1) is 36.0. The fraction of sp³-hybridized carbons (Fsp3) is 0.875. The molecule has 1 N–H and O–H groups in total. The minimum atomic E-state index is -4.37. The van der Waals surface area contributed by atoms with Crippen molar-refractivity contribution in [3.63, 3.8) is 0 Å². The molecule has 0 radical (unpaired) electrons. The highest BCUT2D eigenvalue weighted by Crippen LogP contribution is 2.43. The Morgan fingerprint density at radius 1 is 0.419 bits per heavy atom. The predicted molar refractivity (Wildman–Crippen MR) is 317 cm³/mol. The van der Waals surface area contributed by atoms with Crippen LogP contribution in [0.4, 0.5) is 0 Å². The molecule has 0 bridgehead atoms. The van der Waals surface area contributed by atoms with Gasteiger partial charge >= 0.3 is 19.8 Å². The third-order valence-electron chi connectivity index (χ3n) is 14.2. The lowest BCUT2D eigenvalue weighted by atomic mass is 10.0. The van der Waals surface area contributed by atoms with E-state index >= 15 is 0 Å². The van der Waals surface area contributed by atoms with Crippen LogP contribution in [-0.2, 0) is 32.7 Å². The van der Waals surface area contributed by atoms with Gasteiger partial charge in [-0.1, -0.05) is 281 Å². The number of carbonyl (C=O) groups excluding carboxylic acids is 2. The molecule has 0 heterocycles. The SMILES string of the molecule is CCCCCCC/C=C\C/C=C\C/C=C\CCCCCCCCCCCCCCCCCCCCCCCCCCCCC(=O)OC(COC(=O)CCCCCCCCCCC)COP(=O)(O)OCC[N+](C)(C)C. The van der Waals surface area contributed by atoms with Crippen LogP contribution in [0.25, 0.3) is 0 Å². The first-order valence-electron chi connectivity index (χ1n) is 31.7. The van der Waals surface area contributed by atoms with Crippen LogP contribution in [0.5, 0.6) is 0 Å². The fourth-order valence-electron chi connectivity index (χ4n) is 9.26. The van der Waals surface area contributed by atoms with Gasteiger partial charge in [-0.05, 0) is 51.4 Å². The normalized spacial score (nSPS) is 13.4. The topological polar surface area (TPSA) is 108 Å². The second kappa shape index (κ2) is 56.0. The molecule has 0 rings (SSSR count). The van der Waals surface area contributed by atoms with Gasteiger partial charge in [-0.3, -0.25) is 18.6 Å². The van der Waals surface area contributed by atoms with Gasteiger partial charge in [0.1, 0.15) is 19.8 Å². The van der Waals surface area contributed by atoms with E-state index in [4.69, 9.17) is 18.5 Å². The summed E-state index contributed by atoms with van der Waals surface area (Å²) in [4.78, 5) is 35.5. The van der Waals surface area contributed by atoms with E-state index in [2.05, 4.69) is 50.3 Å². The molecule has 0 amide bonds. The number of likely N-dealkylation sites (N-methyl/N-ethyl adjacent to an activating group) is 1. The number of ether oxygens (including phenoxy) is 2. The smallest absolute Gasteiger partial charge is 0.462 e. The Morgan fingerprint density at radius 3 is 1.08 bits per heavy atom. The summed E-state index contributed by atoms with van der Waals surface area (Å²) in [5.41, 5.74) is 0. The third kappa shape index (κ3) is 59.5. The van der Waals surface area contributed by atoms with Crippen molar-refractivity contribution in [2.75, 3.05) is 47.5 Å². The maximum absolute atomic E-state index is 12.8. The Kier molecular flexibility index (Phi) is 54.6. The Morgan fingerprint density at radius 2 is 0.730 bits per heavy atom. The van der Waals surface area contributed by atoms with Crippen molar-refractivity contribution in [3.05, 3.63) is 36.5 Å². The van der Waals surface area contributed by atoms with Crippen molar-refractivity contribution in [1.82, 2.24) is 0 Å². The molecule has 2 atom stereocenters. The van der Waals surface area contributed by atoms with Crippen LogP contribution in [-0.4, -0.2) is 74.9 Å². The largest absolute Gasteiger partial charge is 0.472 e. The van der Waals surface area contributed by atoms with E-state index in [-0.39, 0.29) is 25.6 Å². The highest BCUT2D eigenvalue weighted by molar-refractivity contribution is 7.47. The van der Waals surface area contributed by atoms with Gasteiger partial charge in [0.25, 0.3) is 0 Å². The zero-order valence-electron chi connectivity index (χ0n) is 49.6. The number of esters is 2. The lowest BCUT2D eigenvalue weighted by Crippen LogP contribution is -2.37. The number of quaternary nitrogens is 1. The van der Waals surface area contributed by atoms with Crippen molar-refractivity contribution in [2.24, 2.45) is 0 Å². The minimum Gasteiger partial charge on any atom is -0.462 e. The van der Waals surface area contributed by atoms with Gasteiger partial charge < -0.3 is 18.9 Å². The minimum absolute atomic E-state index is 0.0351. The molecular weight excluding hydrogens is 942 g/mol. The number of rotatable bonds is 59. The van der Waals surface area contributed by atoms with Crippen LogP contribution < -0.4 is 0 Å². The number of hydrogen-bond acceptors (Lipinski definition) is 7. The first-order valence-corrected chi connectivity index (χ1v) is 33.2. The van der Waals surface area contributed by atoms with Gasteiger partial charge in [0.2, 0.25) is 0 Å². The molecule has 0 aliphatic heterocycles. The van der Waals surface area contributed by atoms with Gasteiger partial charge in [-0.15, -0.1) is 0 Å². The molecule has 0 saturated carbocycles. The van der Waals surface area contributed by atoms with Gasteiger partial charge in [-0.25, -0.2) is 4.57 Å². The van der Waals surface area contributed by atoms with Crippen molar-refractivity contribution >= 4 is 19.8 Å². The number of nitrogens with zero attached hydrogens (tertiary/aromatic N) is 1. The Balaban J connectivity index is 3.78. The molecule has 0 aromatic carbocycles. The molecular formula is C64H123NO8P+. The Bertz CT molecular complexity index is 1340. The van der Waals surface area contributed by atoms with Crippen LogP contribution in [0.1, 0.15) is 309 Å². The van der Waals surface area contributed by atoms with Crippen LogP contribution in [0.15, 0.2) is 36.5 Å². The Hall–Kier alpha value is -1.77. The van der Waals surface area contributed by atoms with Crippen LogP contribution in [0.3, 0.4) is 0 Å². The van der Waals surface area contributed by atoms with Gasteiger partial charge in [0.15, 0.2) is 6.10 Å². The average Bonchev–Trinajstić information content (AvgIpc) is 3.36. The molecule has 0 aromatic rings. The quantitative estimate of drug-likeness (QED) is 0.0211. The van der Waals surface area contributed by atoms with Gasteiger partial charge in [0, 0.05) is 12.8 Å². The summed E-state index contributed by atoms with van der Waals surface area (Å²) in [6.07, 6.45) is 69.9. The molecule has 0 aromatic heterocycles. The second-order valence-electron chi connectivity index (χ2n) is 22.8. The molecule has 0 saturated heterocycles. The maximum atomic E-state index is 12.8. The van der Waals surface area contributed by atoms with E-state index < -0.39 is 26.5 Å². The standard InChI is InChI=1S/C64H122NO8P/c1-6-8-10-12-14-16-17-18-19-20-21-22-23-24-25-26-27-28-29-30-31-32-33-34-35-36-37-38-39-40-41-42-43-44-45-46-47-49-51-53-55-57-64(67)73-62(61-72-74(68,69)71-59-58-65(3,4)5)60-70-63(66)56-54-52-50-48-15-13-11-9-7-2/h17-18,20-21,23-24,62H,6-16,19,22,25-61H2,1-5H3/p+1/b18-17-,21-20-,24-23-. The zero-order valence-corrected chi connectivity index (χ0v) is 50.5. The molecule has 436 valence electrons. The fourth-order valence-corrected chi connectivity index (χ4v) is 10.0. The van der Waals surface area contributed by atoms with Crippen molar-refractivity contribution in [3.8, 4) is 0 Å². The van der Waals surface area contributed by atoms with Gasteiger partial charge in [0.05, 0.1) is 27.7 Å². The highest BCUT2D eigenvalue weighted by atomic mass is 31.2. The number of unbranched alkanes of at least 4 members (excludes halogenated alkanes) is 39. The van der Waals surface area contributed by atoms with E-state index in [0.29, 0.717) is 23.9 Å². The summed E-state index contributed by atoms with van der Waals surface area (Å²) in [6, 6.07) is 0. The summed E-state index contributed by atoms with van der Waals surface area (Å²) in [6.45, 7) is 4.43. The number of allylic oxidation sites excluding steroid dienone is 6. The molecule has 0 fully saturated rings. The van der Waals surface area contributed by atoms with Crippen LogP contribution in [0.2, 0.25) is 0 Å². The molecule has 9 nitrogen and oxygen atoms in total. The summed E-state index contributed by atoms with van der Waals surface area (Å²) in [5.74, 6) is -0.786. The molecule has 2 unspecified atom stereocenters. The molecule has 10 heteroatoms. The molecule has 0 aliphatic carbocycles. The monoisotopic (exact) mass is 1060 g/mol. The van der Waals surface area contributed by atoms with E-state index in [1.807, 2.05) is 21.1 Å². The van der Waals surface area contributed by atoms with E-state index in [9.17, 15) is 19.0 Å². The molecule has 74 heavy (non-hydrogen) atoms. The summed E-state index contributed by atoms with van der Waals surface area (Å²) in [5, 5.41) is 0. The summed E-state index contributed by atoms with van der Waals surface area (Å²) < 4.78 is 34.4. The zero-order chi connectivity index (χ0) is 54.2. The van der Waals surface area contributed by atoms with Crippen LogP contribution in [0, 0.1) is 0 Å². The second-order valence-corrected chi connectivity index (χ2v) is 24.3. The highest BCUT2D eigenvalue weighted by Gasteiger charge is 2.27. The predicted octanol–water partition coefficient (Wildman–Crippen LogP) is 19.9. The van der Waals surface area contributed by atoms with Crippen molar-refractivity contribution in [1.29, 1.82) is 0 Å². The van der Waals surface area contributed by atoms with Crippen molar-refractivity contribution in [2.45, 2.75) is 315 Å². The Labute approximate surface area is 459 Å². The number of carbonyl (C=O) groups is 2. The van der Waals surface area contributed by atoms with Crippen LogP contribution >= 0.6 is 7.82 Å². The summed E-state index contributed by atoms with van der Waals surface area (Å²) >= 11 is 0. The van der Waals surface area contributed by atoms with E-state index in [1.54, 1.807) is 0 Å². The van der Waals surface area contributed by atoms with Crippen molar-refractivity contribution < 1.29 is 42.1 Å². The van der Waals surface area contributed by atoms with Gasteiger partial charge in [-0.2, -0.15) is 0 Å². The number of phosphoric acid groups is 1. The number of phosphoric ester groups is 1. The molecule has 0 aliphatic rings. The van der Waals surface area contributed by atoms with E-state index in [1.165, 1.54) is 231 Å². The first kappa shape index (κ1) is 72.2. The third-order valence-corrected chi connectivity index (χ3v) is 15.2. The average molecular weight is 1070 g/mol. The number of hydrogen-bond donors (Lipinski definition) is 1. The van der Waals surface area contributed by atoms with E-state index in [0.717, 1.165) is 44.9 Å². The maximum Gasteiger partial charge on any atom is 0.472 e. The lowest BCUT2D eigenvalue weighted by molar-refractivity contribution is -0.870. The summed E-state index contributed by atoms with van der Waals surface area (Å²) in [7, 11) is 1.49. The molecule has 0 spiro atoms.